The van der Waals surface area contributed by atoms with Gasteiger partial charge in [-0.15, -0.1) is 0 Å². The zero-order valence-electron chi connectivity index (χ0n) is 13.2. The van der Waals surface area contributed by atoms with Crippen molar-refractivity contribution >= 4 is 23.6 Å². The minimum absolute atomic E-state index is 0. The van der Waals surface area contributed by atoms with Gasteiger partial charge in [-0.1, -0.05) is 0 Å². The Morgan fingerprint density at radius 2 is 0.680 bits per heavy atom. The zero-order valence-corrected chi connectivity index (χ0v) is 13.2. The van der Waals surface area contributed by atoms with E-state index in [4.69, 9.17) is 23.4 Å². The fraction of sp³-hybridized carbons (Fsp3) is 0.600. The van der Waals surface area contributed by atoms with Crippen LogP contribution in [0.1, 0.15) is 12.8 Å². The van der Waals surface area contributed by atoms with Crippen molar-refractivity contribution < 1.29 is 35.6 Å². The Balaban J connectivity index is -0.000000346. The van der Waals surface area contributed by atoms with E-state index in [1.165, 1.54) is 0 Å². The number of amides is 4. The van der Waals surface area contributed by atoms with Crippen molar-refractivity contribution in [2.45, 2.75) is 12.8 Å². The van der Waals surface area contributed by atoms with E-state index in [1.54, 1.807) is 0 Å². The highest BCUT2D eigenvalue weighted by Gasteiger charge is 2.48. The van der Waals surface area contributed by atoms with E-state index in [1.807, 2.05) is 21.7 Å². The molecule has 0 aromatic carbocycles. The molecule has 0 saturated heterocycles. The number of carbonyl (C=O) groups is 4. The summed E-state index contributed by atoms with van der Waals surface area (Å²) < 4.78 is 0. The van der Waals surface area contributed by atoms with E-state index in [2.05, 4.69) is 0 Å². The molecule has 4 amide bonds. The van der Waals surface area contributed by atoms with Crippen LogP contribution in [0.2, 0.25) is 0 Å². The molecule has 18 N–H and O–H groups in total. The first-order chi connectivity index (χ1) is 10.4. The van der Waals surface area contributed by atoms with Crippen molar-refractivity contribution in [3.05, 3.63) is 0 Å². The quantitative estimate of drug-likeness (QED) is 0.133. The van der Waals surface area contributed by atoms with Crippen LogP contribution in [0.15, 0.2) is 0 Å². The molecule has 25 heavy (non-hydrogen) atoms. The molecule has 0 unspecified atom stereocenters. The van der Waals surface area contributed by atoms with Crippen molar-refractivity contribution in [3.63, 3.8) is 0 Å². The zero-order chi connectivity index (χ0) is 16.9. The summed E-state index contributed by atoms with van der Waals surface area (Å²) in [5, 5.41) is 0. The number of hydrogen-bond donors (Lipinski definition) is 8. The third kappa shape index (κ3) is 7.35. The molecule has 2 aliphatic rings. The Bertz CT molecular complexity index is 394. The monoisotopic (exact) mass is 370 g/mol. The van der Waals surface area contributed by atoms with Crippen LogP contribution in [-0.2, 0) is 19.2 Å². The summed E-state index contributed by atoms with van der Waals surface area (Å²) in [6.45, 7) is 0. The molecular formula is C10H26N8O7. The smallest absolute Gasteiger partial charge is 0.237 e. The highest BCUT2D eigenvalue weighted by atomic mass is 16.2. The van der Waals surface area contributed by atoms with Crippen LogP contribution >= 0.6 is 0 Å². The largest absolute Gasteiger partial charge is 0.412 e. The highest BCUT2D eigenvalue weighted by molar-refractivity contribution is 5.92. The van der Waals surface area contributed by atoms with Gasteiger partial charge in [0.1, 0.15) is 0 Å². The summed E-state index contributed by atoms with van der Waals surface area (Å²) in [5.41, 5.74) is 7.90. The molecule has 0 bridgehead atoms. The Morgan fingerprint density at radius 3 is 0.800 bits per heavy atom. The lowest BCUT2D eigenvalue weighted by Crippen LogP contribution is -2.36. The van der Waals surface area contributed by atoms with E-state index >= 15 is 0 Å². The number of nitrogens with one attached hydrogen (secondary N) is 4. The SMILES string of the molecule is NNC(=O)[C@@H]1C[C@H]1C(=O)NN.NNC(=O)[C@@H]1C[C@H]1C(=O)NN.O.O.O. The predicted octanol–water partition coefficient (Wildman–Crippen LogP) is -7.27. The molecule has 4 atom stereocenters. The predicted molar refractivity (Wildman–Crippen MR) is 83.4 cm³/mol. The molecule has 0 spiro atoms. The van der Waals surface area contributed by atoms with E-state index in [0.717, 1.165) is 0 Å². The second-order valence-corrected chi connectivity index (χ2v) is 4.93. The maximum atomic E-state index is 10.7. The van der Waals surface area contributed by atoms with Crippen LogP contribution in [0, 0.1) is 23.7 Å². The Kier molecular flexibility index (Phi) is 13.2. The molecule has 15 heteroatoms. The Labute approximate surface area is 142 Å². The molecule has 148 valence electrons. The number of nitrogens with two attached hydrogens (primary N) is 4. The fourth-order valence-corrected chi connectivity index (χ4v) is 1.98. The van der Waals surface area contributed by atoms with Gasteiger partial charge in [0.2, 0.25) is 23.6 Å². The van der Waals surface area contributed by atoms with Gasteiger partial charge in [-0.05, 0) is 12.8 Å². The number of hydrogen-bond acceptors (Lipinski definition) is 8. The second kappa shape index (κ2) is 12.0. The first-order valence-electron chi connectivity index (χ1n) is 6.43. The van der Waals surface area contributed by atoms with Crippen LogP contribution in [-0.4, -0.2) is 40.1 Å². The third-order valence-electron chi connectivity index (χ3n) is 3.50. The molecule has 0 aromatic rings. The van der Waals surface area contributed by atoms with Crippen LogP contribution in [0.4, 0.5) is 0 Å². The van der Waals surface area contributed by atoms with E-state index in [-0.39, 0.29) is 63.7 Å². The van der Waals surface area contributed by atoms with E-state index in [0.29, 0.717) is 12.8 Å². The lowest BCUT2D eigenvalue weighted by Gasteiger charge is -1.96. The molecular weight excluding hydrogens is 344 g/mol. The average molecular weight is 370 g/mol. The van der Waals surface area contributed by atoms with Crippen molar-refractivity contribution in [2.75, 3.05) is 0 Å². The Morgan fingerprint density at radius 1 is 0.520 bits per heavy atom. The highest BCUT2D eigenvalue weighted by Crippen LogP contribution is 2.38. The number of carbonyl (C=O) groups excluding carboxylic acids is 4. The van der Waals surface area contributed by atoms with Gasteiger partial charge in [0.15, 0.2) is 0 Å². The lowest BCUT2D eigenvalue weighted by molar-refractivity contribution is -0.127. The molecule has 0 heterocycles. The van der Waals surface area contributed by atoms with Gasteiger partial charge in [-0.25, -0.2) is 23.4 Å². The Hall–Kier alpha value is -2.40. The van der Waals surface area contributed by atoms with Gasteiger partial charge in [0.05, 0.1) is 23.7 Å². The van der Waals surface area contributed by atoms with Crippen molar-refractivity contribution in [3.8, 4) is 0 Å². The van der Waals surface area contributed by atoms with E-state index < -0.39 is 0 Å². The van der Waals surface area contributed by atoms with Gasteiger partial charge in [-0.2, -0.15) is 0 Å². The van der Waals surface area contributed by atoms with Gasteiger partial charge >= 0.3 is 0 Å². The summed E-state index contributed by atoms with van der Waals surface area (Å²) in [6, 6.07) is 0. The minimum Gasteiger partial charge on any atom is -0.412 e. The van der Waals surface area contributed by atoms with Crippen molar-refractivity contribution in [1.82, 2.24) is 21.7 Å². The average Bonchev–Trinajstić information content (AvgIpc) is 3.44. The standard InChI is InChI=1S/2C5H10N4O2.3H2O/c2*6-8-4(10)2-1-3(2)5(11)9-7;;;/h2*2-3H,1,6-7H2,(H,8,10)(H,9,11);3*1H2/t2*2-,3-;;;/m11.../s1. The van der Waals surface area contributed by atoms with Crippen LogP contribution in [0.5, 0.6) is 0 Å². The topological polar surface area (TPSA) is 315 Å². The first kappa shape index (κ1) is 27.4. The summed E-state index contributed by atoms with van der Waals surface area (Å²) in [6.07, 6.45) is 1.07. The molecule has 0 aromatic heterocycles. The normalized spacial score (nSPS) is 24.2. The summed E-state index contributed by atoms with van der Waals surface area (Å²) in [7, 11) is 0. The molecule has 2 rings (SSSR count). The molecule has 2 fully saturated rings. The van der Waals surface area contributed by atoms with E-state index in [9.17, 15) is 19.2 Å². The fourth-order valence-electron chi connectivity index (χ4n) is 1.98. The molecule has 2 saturated carbocycles. The van der Waals surface area contributed by atoms with Crippen LogP contribution in [0.25, 0.3) is 0 Å². The third-order valence-corrected chi connectivity index (χ3v) is 3.50. The number of hydrazine groups is 4. The van der Waals surface area contributed by atoms with Crippen LogP contribution < -0.4 is 45.1 Å². The second-order valence-electron chi connectivity index (χ2n) is 4.93. The molecule has 0 radical (unpaired) electrons. The summed E-state index contributed by atoms with van der Waals surface area (Å²) in [4.78, 5) is 43.0. The van der Waals surface area contributed by atoms with Gasteiger partial charge in [0.25, 0.3) is 0 Å². The summed E-state index contributed by atoms with van der Waals surface area (Å²) in [5.74, 6) is 17.0. The minimum atomic E-state index is -0.307. The number of rotatable bonds is 4. The maximum absolute atomic E-state index is 10.7. The molecule has 0 aliphatic heterocycles. The lowest BCUT2D eigenvalue weighted by atomic mass is 10.3. The van der Waals surface area contributed by atoms with Crippen LogP contribution in [0.3, 0.4) is 0 Å². The van der Waals surface area contributed by atoms with Crippen molar-refractivity contribution in [2.24, 2.45) is 47.0 Å². The molecule has 15 nitrogen and oxygen atoms in total. The first-order valence-corrected chi connectivity index (χ1v) is 6.43. The van der Waals surface area contributed by atoms with Gasteiger partial charge in [0, 0.05) is 0 Å². The summed E-state index contributed by atoms with van der Waals surface area (Å²) >= 11 is 0. The van der Waals surface area contributed by atoms with Crippen molar-refractivity contribution in [1.29, 1.82) is 0 Å². The molecule has 2 aliphatic carbocycles. The maximum Gasteiger partial charge on any atom is 0.237 e. The van der Waals surface area contributed by atoms with Gasteiger partial charge < -0.3 is 16.4 Å². The van der Waals surface area contributed by atoms with Gasteiger partial charge in [-0.3, -0.25) is 40.9 Å².